The zero-order valence-electron chi connectivity index (χ0n) is 17.1. The number of nitrogens with one attached hydrogen (secondary N) is 2. The second-order valence-corrected chi connectivity index (χ2v) is 7.48. The summed E-state index contributed by atoms with van der Waals surface area (Å²) < 4.78 is 18.9. The van der Waals surface area contributed by atoms with Crippen LogP contribution in [0.2, 0.25) is 5.02 Å². The molecule has 0 aliphatic carbocycles. The molecule has 0 saturated carbocycles. The molecule has 32 heavy (non-hydrogen) atoms. The number of para-hydroxylation sites is 2. The second-order valence-electron chi connectivity index (χ2n) is 7.07. The largest absolute Gasteiger partial charge is 0.449 e. The molecule has 6 nitrogen and oxygen atoms in total. The van der Waals surface area contributed by atoms with E-state index in [2.05, 4.69) is 15.3 Å². The predicted octanol–water partition coefficient (Wildman–Crippen LogP) is 5.60. The number of carbonyl (C=O) groups is 2. The molecule has 1 atom stereocenters. The van der Waals surface area contributed by atoms with Crippen molar-refractivity contribution < 1.29 is 18.7 Å². The molecule has 3 aromatic carbocycles. The Morgan fingerprint density at radius 1 is 1.12 bits per heavy atom. The maximum absolute atomic E-state index is 13.3. The number of aromatic nitrogens is 2. The maximum atomic E-state index is 13.3. The number of carbonyl (C=O) groups excluding carboxylic acids is 2. The number of aromatic amines is 1. The van der Waals surface area contributed by atoms with E-state index in [1.54, 1.807) is 31.2 Å². The molecule has 0 saturated heterocycles. The first-order valence-corrected chi connectivity index (χ1v) is 10.3. The van der Waals surface area contributed by atoms with E-state index in [0.717, 1.165) is 17.1 Å². The molecule has 1 heterocycles. The van der Waals surface area contributed by atoms with Crippen molar-refractivity contribution in [1.82, 2.24) is 9.97 Å². The smallest absolute Gasteiger partial charge is 0.339 e. The summed E-state index contributed by atoms with van der Waals surface area (Å²) in [7, 11) is 0. The first kappa shape index (κ1) is 21.5. The number of hydrogen-bond donors (Lipinski definition) is 2. The summed E-state index contributed by atoms with van der Waals surface area (Å²) in [6, 6.07) is 18.2. The lowest BCUT2D eigenvalue weighted by atomic mass is 10.1. The number of nitrogens with zero attached hydrogens (tertiary/aromatic N) is 1. The number of esters is 1. The molecule has 162 valence electrons. The van der Waals surface area contributed by atoms with Gasteiger partial charge in [-0.25, -0.2) is 14.2 Å². The molecule has 0 spiro atoms. The van der Waals surface area contributed by atoms with Crippen LogP contribution in [0.5, 0.6) is 0 Å². The van der Waals surface area contributed by atoms with Crippen LogP contribution in [-0.2, 0) is 9.53 Å². The van der Waals surface area contributed by atoms with E-state index in [0.29, 0.717) is 17.1 Å². The molecule has 1 aromatic heterocycles. The number of hydrogen-bond acceptors (Lipinski definition) is 4. The van der Waals surface area contributed by atoms with Crippen molar-refractivity contribution in [2.45, 2.75) is 19.4 Å². The highest BCUT2D eigenvalue weighted by Crippen LogP contribution is 2.25. The average molecular weight is 452 g/mol. The van der Waals surface area contributed by atoms with Crippen LogP contribution in [0.3, 0.4) is 0 Å². The molecule has 0 fully saturated rings. The highest BCUT2D eigenvalue weighted by atomic mass is 35.5. The summed E-state index contributed by atoms with van der Waals surface area (Å²) in [5.41, 5.74) is 2.76. The fraction of sp³-hybridized carbons (Fsp3) is 0.125. The first-order valence-electron chi connectivity index (χ1n) is 9.97. The van der Waals surface area contributed by atoms with Crippen molar-refractivity contribution >= 4 is 40.2 Å². The highest BCUT2D eigenvalue weighted by molar-refractivity contribution is 6.31. The van der Waals surface area contributed by atoms with Gasteiger partial charge < -0.3 is 15.0 Å². The summed E-state index contributed by atoms with van der Waals surface area (Å²) in [5, 5.41) is 2.48. The topological polar surface area (TPSA) is 84.1 Å². The van der Waals surface area contributed by atoms with E-state index < -0.39 is 23.8 Å². The third kappa shape index (κ3) is 4.48. The number of fused-ring (bicyclic) bond motifs is 1. The van der Waals surface area contributed by atoms with Gasteiger partial charge in [-0.3, -0.25) is 4.79 Å². The zero-order valence-corrected chi connectivity index (χ0v) is 17.8. The fourth-order valence-electron chi connectivity index (χ4n) is 3.26. The normalized spacial score (nSPS) is 11.8. The van der Waals surface area contributed by atoms with Gasteiger partial charge in [0.15, 0.2) is 6.10 Å². The second kappa shape index (κ2) is 9.20. The van der Waals surface area contributed by atoms with Crippen molar-refractivity contribution in [2.24, 2.45) is 0 Å². The van der Waals surface area contributed by atoms with E-state index in [-0.39, 0.29) is 17.0 Å². The van der Waals surface area contributed by atoms with Crippen LogP contribution in [0.1, 0.15) is 23.7 Å². The number of rotatable bonds is 6. The van der Waals surface area contributed by atoms with E-state index in [1.807, 2.05) is 24.3 Å². The fourth-order valence-corrected chi connectivity index (χ4v) is 3.44. The van der Waals surface area contributed by atoms with E-state index >= 15 is 0 Å². The van der Waals surface area contributed by atoms with E-state index in [9.17, 15) is 14.0 Å². The van der Waals surface area contributed by atoms with Gasteiger partial charge in [0.1, 0.15) is 11.6 Å². The molecular weight excluding hydrogens is 433 g/mol. The number of ether oxygens (including phenoxy) is 1. The summed E-state index contributed by atoms with van der Waals surface area (Å²) >= 11 is 5.76. The Labute approximate surface area is 188 Å². The minimum absolute atomic E-state index is 0.118. The van der Waals surface area contributed by atoms with Gasteiger partial charge in [-0.05, 0) is 42.8 Å². The van der Waals surface area contributed by atoms with E-state index in [1.165, 1.54) is 12.1 Å². The molecule has 0 aliphatic rings. The Morgan fingerprint density at radius 2 is 1.88 bits per heavy atom. The standard InChI is InChI=1S/C24H19ClFN3O3/c1-2-21(23(30)27-14-11-12-18(26)17(25)13-14)32-24(31)16-8-4-3-7-15(16)22-28-19-9-5-6-10-20(19)29-22/h3-13,21H,2H2,1H3,(H,27,30)(H,28,29). The van der Waals surface area contributed by atoms with Gasteiger partial charge in [0, 0.05) is 11.3 Å². The lowest BCUT2D eigenvalue weighted by Gasteiger charge is -2.17. The zero-order chi connectivity index (χ0) is 22.7. The van der Waals surface area contributed by atoms with E-state index in [4.69, 9.17) is 16.3 Å². The van der Waals surface area contributed by atoms with Gasteiger partial charge in [0.05, 0.1) is 21.6 Å². The van der Waals surface area contributed by atoms with Crippen molar-refractivity contribution in [3.05, 3.63) is 83.1 Å². The van der Waals surface area contributed by atoms with Gasteiger partial charge in [0.25, 0.3) is 5.91 Å². The maximum Gasteiger partial charge on any atom is 0.339 e. The molecule has 8 heteroatoms. The minimum Gasteiger partial charge on any atom is -0.449 e. The van der Waals surface area contributed by atoms with Crippen LogP contribution in [0.4, 0.5) is 10.1 Å². The molecule has 0 aliphatic heterocycles. The number of benzene rings is 3. The molecule has 4 rings (SSSR count). The lowest BCUT2D eigenvalue weighted by Crippen LogP contribution is -2.32. The predicted molar refractivity (Wildman–Crippen MR) is 121 cm³/mol. The third-order valence-corrected chi connectivity index (χ3v) is 5.18. The Bertz CT molecular complexity index is 1270. The molecule has 0 radical (unpaired) electrons. The van der Waals surface area contributed by atoms with Crippen molar-refractivity contribution in [3.8, 4) is 11.4 Å². The number of anilines is 1. The van der Waals surface area contributed by atoms with Gasteiger partial charge in [-0.1, -0.05) is 48.9 Å². The first-order chi connectivity index (χ1) is 15.5. The van der Waals surface area contributed by atoms with Crippen molar-refractivity contribution in [2.75, 3.05) is 5.32 Å². The summed E-state index contributed by atoms with van der Waals surface area (Å²) in [6.45, 7) is 1.72. The Morgan fingerprint density at radius 3 is 2.62 bits per heavy atom. The van der Waals surface area contributed by atoms with Crippen LogP contribution in [0.15, 0.2) is 66.7 Å². The van der Waals surface area contributed by atoms with Gasteiger partial charge >= 0.3 is 5.97 Å². The highest BCUT2D eigenvalue weighted by Gasteiger charge is 2.24. The Hall–Kier alpha value is -3.71. The van der Waals surface area contributed by atoms with Gasteiger partial charge in [-0.2, -0.15) is 0 Å². The van der Waals surface area contributed by atoms with Crippen LogP contribution in [0.25, 0.3) is 22.4 Å². The number of imidazole rings is 1. The molecule has 4 aromatic rings. The average Bonchev–Trinajstić information content (AvgIpc) is 3.24. The van der Waals surface area contributed by atoms with Crippen LogP contribution in [0, 0.1) is 5.82 Å². The van der Waals surface area contributed by atoms with Crippen molar-refractivity contribution in [3.63, 3.8) is 0 Å². The van der Waals surface area contributed by atoms with Crippen LogP contribution >= 0.6 is 11.6 Å². The monoisotopic (exact) mass is 451 g/mol. The number of amides is 1. The molecule has 1 unspecified atom stereocenters. The number of H-pyrrole nitrogens is 1. The van der Waals surface area contributed by atoms with Crippen LogP contribution in [-0.4, -0.2) is 27.9 Å². The molecular formula is C24H19ClFN3O3. The third-order valence-electron chi connectivity index (χ3n) is 4.89. The van der Waals surface area contributed by atoms with Gasteiger partial charge in [-0.15, -0.1) is 0 Å². The molecule has 1 amide bonds. The number of halogens is 2. The van der Waals surface area contributed by atoms with Gasteiger partial charge in [0.2, 0.25) is 0 Å². The lowest BCUT2D eigenvalue weighted by molar-refractivity contribution is -0.124. The summed E-state index contributed by atoms with van der Waals surface area (Å²) in [4.78, 5) is 33.3. The quantitative estimate of drug-likeness (QED) is 0.374. The van der Waals surface area contributed by atoms with Crippen molar-refractivity contribution in [1.29, 1.82) is 0 Å². The Kier molecular flexibility index (Phi) is 6.18. The SMILES string of the molecule is CCC(OC(=O)c1ccccc1-c1nc2ccccc2[nH]1)C(=O)Nc1ccc(F)c(Cl)c1. The summed E-state index contributed by atoms with van der Waals surface area (Å²) in [6.07, 6.45) is -0.797. The Balaban J connectivity index is 1.55. The molecule has 0 bridgehead atoms. The summed E-state index contributed by atoms with van der Waals surface area (Å²) in [5.74, 6) is -1.26. The molecule has 2 N–H and O–H groups in total. The van der Waals surface area contributed by atoms with Crippen LogP contribution < -0.4 is 5.32 Å². The minimum atomic E-state index is -1.05.